The standard InChI is InChI=1S/C18H19NO2/c1-2-6-17(13-14-7-4-3-5-8-14)19-16-11-9-15(10-12-16)18(20)21/h3-5,7-13,19H,2,6H2,1H3,(H,20,21). The molecule has 0 atom stereocenters. The van der Waals surface area contributed by atoms with E-state index in [2.05, 4.69) is 30.4 Å². The van der Waals surface area contributed by atoms with Crippen molar-refractivity contribution < 1.29 is 9.90 Å². The van der Waals surface area contributed by atoms with Crippen LogP contribution >= 0.6 is 0 Å². The molecule has 0 heterocycles. The fourth-order valence-electron chi connectivity index (χ4n) is 2.07. The van der Waals surface area contributed by atoms with Gasteiger partial charge >= 0.3 is 5.97 Å². The van der Waals surface area contributed by atoms with Gasteiger partial charge in [0.1, 0.15) is 0 Å². The van der Waals surface area contributed by atoms with Crippen LogP contribution in [0.3, 0.4) is 0 Å². The van der Waals surface area contributed by atoms with Gasteiger partial charge in [0.15, 0.2) is 0 Å². The maximum absolute atomic E-state index is 10.8. The van der Waals surface area contributed by atoms with Crippen molar-refractivity contribution in [2.75, 3.05) is 5.32 Å². The van der Waals surface area contributed by atoms with Crippen molar-refractivity contribution in [3.05, 3.63) is 71.4 Å². The summed E-state index contributed by atoms with van der Waals surface area (Å²) >= 11 is 0. The van der Waals surface area contributed by atoms with E-state index in [0.29, 0.717) is 5.56 Å². The monoisotopic (exact) mass is 281 g/mol. The van der Waals surface area contributed by atoms with Gasteiger partial charge in [0, 0.05) is 11.4 Å². The van der Waals surface area contributed by atoms with Gasteiger partial charge in [0.25, 0.3) is 0 Å². The number of carboxylic acid groups (broad SMARTS) is 1. The van der Waals surface area contributed by atoms with E-state index in [-0.39, 0.29) is 0 Å². The van der Waals surface area contributed by atoms with E-state index in [1.54, 1.807) is 24.3 Å². The second kappa shape index (κ2) is 7.29. The highest BCUT2D eigenvalue weighted by atomic mass is 16.4. The van der Waals surface area contributed by atoms with E-state index < -0.39 is 5.97 Å². The van der Waals surface area contributed by atoms with Crippen molar-refractivity contribution in [3.8, 4) is 0 Å². The molecule has 3 heteroatoms. The molecule has 0 fully saturated rings. The average molecular weight is 281 g/mol. The fraction of sp³-hybridized carbons (Fsp3) is 0.167. The van der Waals surface area contributed by atoms with Crippen LogP contribution in [0.15, 0.2) is 60.3 Å². The summed E-state index contributed by atoms with van der Waals surface area (Å²) in [5, 5.41) is 12.3. The third kappa shape index (κ3) is 4.49. The van der Waals surface area contributed by atoms with Crippen molar-refractivity contribution in [2.24, 2.45) is 0 Å². The van der Waals surface area contributed by atoms with Crippen LogP contribution < -0.4 is 5.32 Å². The van der Waals surface area contributed by atoms with Gasteiger partial charge in [-0.2, -0.15) is 0 Å². The molecule has 0 radical (unpaired) electrons. The lowest BCUT2D eigenvalue weighted by atomic mass is 10.1. The molecular formula is C18H19NO2. The molecule has 0 aliphatic carbocycles. The number of rotatable bonds is 6. The Morgan fingerprint density at radius 2 is 1.76 bits per heavy atom. The molecular weight excluding hydrogens is 262 g/mol. The highest BCUT2D eigenvalue weighted by Crippen LogP contribution is 2.17. The van der Waals surface area contributed by atoms with Gasteiger partial charge in [-0.3, -0.25) is 0 Å². The lowest BCUT2D eigenvalue weighted by molar-refractivity contribution is 0.0697. The lowest BCUT2D eigenvalue weighted by Gasteiger charge is -2.11. The molecule has 3 nitrogen and oxygen atoms in total. The molecule has 0 amide bonds. The van der Waals surface area contributed by atoms with Crippen LogP contribution in [0.2, 0.25) is 0 Å². The lowest BCUT2D eigenvalue weighted by Crippen LogP contribution is -2.01. The van der Waals surface area contributed by atoms with Gasteiger partial charge in [-0.15, -0.1) is 0 Å². The first-order valence-corrected chi connectivity index (χ1v) is 7.05. The summed E-state index contributed by atoms with van der Waals surface area (Å²) in [6.07, 6.45) is 4.10. The summed E-state index contributed by atoms with van der Waals surface area (Å²) in [5.74, 6) is -0.907. The molecule has 0 saturated carbocycles. The smallest absolute Gasteiger partial charge is 0.335 e. The number of hydrogen-bond donors (Lipinski definition) is 2. The maximum Gasteiger partial charge on any atom is 0.335 e. The number of hydrogen-bond acceptors (Lipinski definition) is 2. The Bertz CT molecular complexity index is 615. The Kier molecular flexibility index (Phi) is 5.16. The SMILES string of the molecule is CCCC(=Cc1ccccc1)Nc1ccc(C(=O)O)cc1. The Morgan fingerprint density at radius 1 is 1.10 bits per heavy atom. The molecule has 0 spiro atoms. The van der Waals surface area contributed by atoms with Crippen LogP contribution in [-0.4, -0.2) is 11.1 Å². The zero-order valence-electron chi connectivity index (χ0n) is 12.0. The Balaban J connectivity index is 2.16. The molecule has 0 bridgehead atoms. The van der Waals surface area contributed by atoms with Crippen LogP contribution in [0.1, 0.15) is 35.7 Å². The first kappa shape index (κ1) is 14.9. The van der Waals surface area contributed by atoms with E-state index in [1.165, 1.54) is 0 Å². The normalized spacial score (nSPS) is 11.2. The minimum atomic E-state index is -0.907. The van der Waals surface area contributed by atoms with E-state index in [0.717, 1.165) is 29.8 Å². The fourth-order valence-corrected chi connectivity index (χ4v) is 2.07. The Labute approximate surface area is 124 Å². The zero-order valence-corrected chi connectivity index (χ0v) is 12.0. The number of aromatic carboxylic acids is 1. The van der Waals surface area contributed by atoms with Gasteiger partial charge in [0.05, 0.1) is 5.56 Å². The van der Waals surface area contributed by atoms with Crippen LogP contribution in [0.25, 0.3) is 6.08 Å². The topological polar surface area (TPSA) is 49.3 Å². The second-order valence-electron chi connectivity index (χ2n) is 4.84. The molecule has 0 aromatic heterocycles. The quantitative estimate of drug-likeness (QED) is 0.811. The first-order valence-electron chi connectivity index (χ1n) is 7.05. The second-order valence-corrected chi connectivity index (χ2v) is 4.84. The molecule has 2 N–H and O–H groups in total. The van der Waals surface area contributed by atoms with Crippen molar-refractivity contribution >= 4 is 17.7 Å². The van der Waals surface area contributed by atoms with E-state index in [1.807, 2.05) is 18.2 Å². The number of allylic oxidation sites excluding steroid dienone is 1. The molecule has 0 unspecified atom stereocenters. The summed E-state index contributed by atoms with van der Waals surface area (Å²) in [6, 6.07) is 16.9. The number of anilines is 1. The summed E-state index contributed by atoms with van der Waals surface area (Å²) < 4.78 is 0. The molecule has 0 saturated heterocycles. The van der Waals surface area contributed by atoms with Gasteiger partial charge < -0.3 is 10.4 Å². The summed E-state index contributed by atoms with van der Waals surface area (Å²) in [6.45, 7) is 2.13. The molecule has 21 heavy (non-hydrogen) atoms. The minimum absolute atomic E-state index is 0.296. The Hall–Kier alpha value is -2.55. The largest absolute Gasteiger partial charge is 0.478 e. The zero-order chi connectivity index (χ0) is 15.1. The maximum atomic E-state index is 10.8. The van der Waals surface area contributed by atoms with Gasteiger partial charge in [-0.1, -0.05) is 43.7 Å². The third-order valence-electron chi connectivity index (χ3n) is 3.10. The summed E-state index contributed by atoms with van der Waals surface area (Å²) in [7, 11) is 0. The molecule has 0 aliphatic rings. The van der Waals surface area contributed by atoms with Gasteiger partial charge in [-0.05, 0) is 42.3 Å². The number of nitrogens with one attached hydrogen (secondary N) is 1. The van der Waals surface area contributed by atoms with Gasteiger partial charge in [-0.25, -0.2) is 4.79 Å². The summed E-state index contributed by atoms with van der Waals surface area (Å²) in [5.41, 5.74) is 3.46. The predicted octanol–water partition coefficient (Wildman–Crippen LogP) is 4.64. The molecule has 108 valence electrons. The van der Waals surface area contributed by atoms with Crippen LogP contribution in [0.5, 0.6) is 0 Å². The van der Waals surface area contributed by atoms with E-state index in [9.17, 15) is 4.79 Å². The van der Waals surface area contributed by atoms with Crippen molar-refractivity contribution in [2.45, 2.75) is 19.8 Å². The number of benzene rings is 2. The van der Waals surface area contributed by atoms with Crippen LogP contribution in [0.4, 0.5) is 5.69 Å². The van der Waals surface area contributed by atoms with Crippen molar-refractivity contribution in [1.29, 1.82) is 0 Å². The minimum Gasteiger partial charge on any atom is -0.478 e. The predicted molar refractivity (Wildman–Crippen MR) is 86.4 cm³/mol. The summed E-state index contributed by atoms with van der Waals surface area (Å²) in [4.78, 5) is 10.8. The van der Waals surface area contributed by atoms with E-state index in [4.69, 9.17) is 5.11 Å². The average Bonchev–Trinajstić information content (AvgIpc) is 2.49. The van der Waals surface area contributed by atoms with Crippen molar-refractivity contribution in [3.63, 3.8) is 0 Å². The highest BCUT2D eigenvalue weighted by molar-refractivity contribution is 5.88. The Morgan fingerprint density at radius 3 is 2.33 bits per heavy atom. The van der Waals surface area contributed by atoms with Crippen LogP contribution in [0, 0.1) is 0 Å². The molecule has 2 aromatic rings. The molecule has 2 aromatic carbocycles. The molecule has 0 aliphatic heterocycles. The van der Waals surface area contributed by atoms with E-state index >= 15 is 0 Å². The number of carboxylic acids is 1. The first-order chi connectivity index (χ1) is 10.2. The highest BCUT2D eigenvalue weighted by Gasteiger charge is 2.03. The van der Waals surface area contributed by atoms with Gasteiger partial charge in [0.2, 0.25) is 0 Å². The molecule has 2 rings (SSSR count). The van der Waals surface area contributed by atoms with Crippen LogP contribution in [-0.2, 0) is 0 Å². The third-order valence-corrected chi connectivity index (χ3v) is 3.10. The van der Waals surface area contributed by atoms with Crippen molar-refractivity contribution in [1.82, 2.24) is 0 Å². The number of carbonyl (C=O) groups is 1.